The van der Waals surface area contributed by atoms with Crippen molar-refractivity contribution >= 4 is 17.2 Å². The second kappa shape index (κ2) is 7.41. The number of aromatic nitrogens is 2. The molecular weight excluding hydrogens is 344 g/mol. The van der Waals surface area contributed by atoms with Gasteiger partial charge in [-0.1, -0.05) is 18.2 Å². The molecule has 3 rings (SSSR count). The fourth-order valence-corrected chi connectivity index (χ4v) is 2.79. The summed E-state index contributed by atoms with van der Waals surface area (Å²) < 4.78 is 5.73. The van der Waals surface area contributed by atoms with E-state index in [2.05, 4.69) is 15.3 Å². The molecule has 0 saturated heterocycles. The van der Waals surface area contributed by atoms with Crippen LogP contribution in [0.1, 0.15) is 22.3 Å². The normalized spacial score (nSPS) is 10.5. The predicted octanol–water partition coefficient (Wildman–Crippen LogP) is 5.15. The van der Waals surface area contributed by atoms with Crippen molar-refractivity contribution in [1.29, 1.82) is 0 Å². The first-order valence-corrected chi connectivity index (χ1v) is 8.43. The van der Waals surface area contributed by atoms with Gasteiger partial charge in [0.1, 0.15) is 12.1 Å². The zero-order chi connectivity index (χ0) is 19.6. The van der Waals surface area contributed by atoms with Gasteiger partial charge in [0, 0.05) is 5.69 Å². The zero-order valence-electron chi connectivity index (χ0n) is 15.6. The Kier molecular flexibility index (Phi) is 5.03. The number of ether oxygens (including phenoxy) is 1. The summed E-state index contributed by atoms with van der Waals surface area (Å²) in [5.41, 5.74) is 4.41. The molecule has 0 bridgehead atoms. The van der Waals surface area contributed by atoms with Crippen molar-refractivity contribution in [2.24, 2.45) is 0 Å². The van der Waals surface area contributed by atoms with Gasteiger partial charge in [-0.3, -0.25) is 10.1 Å². The molecule has 0 spiro atoms. The molecule has 0 aliphatic heterocycles. The number of hydrogen-bond acceptors (Lipinski definition) is 6. The molecule has 3 aromatic rings. The Hall–Kier alpha value is -3.48. The molecule has 0 fully saturated rings. The van der Waals surface area contributed by atoms with E-state index < -0.39 is 4.92 Å². The van der Waals surface area contributed by atoms with Crippen molar-refractivity contribution in [1.82, 2.24) is 9.97 Å². The van der Waals surface area contributed by atoms with Crippen molar-refractivity contribution in [3.63, 3.8) is 0 Å². The second-order valence-corrected chi connectivity index (χ2v) is 6.50. The fourth-order valence-electron chi connectivity index (χ4n) is 2.79. The Morgan fingerprint density at radius 3 is 2.33 bits per heavy atom. The largest absolute Gasteiger partial charge is 0.434 e. The maximum atomic E-state index is 11.7. The van der Waals surface area contributed by atoms with E-state index in [9.17, 15) is 10.1 Å². The van der Waals surface area contributed by atoms with Crippen molar-refractivity contribution < 1.29 is 9.66 Å². The molecule has 0 saturated carbocycles. The van der Waals surface area contributed by atoms with E-state index in [1.165, 1.54) is 6.33 Å². The molecule has 138 valence electrons. The number of anilines is 2. The zero-order valence-corrected chi connectivity index (χ0v) is 15.6. The van der Waals surface area contributed by atoms with E-state index in [0.717, 1.165) is 27.9 Å². The number of aryl methyl sites for hydroxylation is 4. The molecule has 1 aromatic heterocycles. The van der Waals surface area contributed by atoms with Gasteiger partial charge >= 0.3 is 11.6 Å². The lowest BCUT2D eigenvalue weighted by atomic mass is 10.1. The van der Waals surface area contributed by atoms with Crippen molar-refractivity contribution in [3.8, 4) is 11.6 Å². The lowest BCUT2D eigenvalue weighted by Crippen LogP contribution is -2.04. The topological polar surface area (TPSA) is 90.2 Å². The van der Waals surface area contributed by atoms with Crippen LogP contribution in [0.15, 0.2) is 42.7 Å². The van der Waals surface area contributed by atoms with Gasteiger partial charge in [0.05, 0.1) is 4.92 Å². The molecule has 1 N–H and O–H groups in total. The third-order valence-corrected chi connectivity index (χ3v) is 4.03. The highest BCUT2D eigenvalue weighted by molar-refractivity contribution is 5.70. The van der Waals surface area contributed by atoms with Crippen LogP contribution in [0, 0.1) is 37.8 Å². The summed E-state index contributed by atoms with van der Waals surface area (Å²) in [6.07, 6.45) is 1.25. The average Bonchev–Trinajstić information content (AvgIpc) is 2.57. The average molecular weight is 364 g/mol. The number of nitro groups is 1. The minimum atomic E-state index is -0.536. The summed E-state index contributed by atoms with van der Waals surface area (Å²) in [5.74, 6) is 0.475. The van der Waals surface area contributed by atoms with E-state index in [1.807, 2.05) is 52.0 Å². The Balaban J connectivity index is 2.02. The van der Waals surface area contributed by atoms with Gasteiger partial charge < -0.3 is 10.1 Å². The molecule has 0 unspecified atom stereocenters. The summed E-state index contributed by atoms with van der Waals surface area (Å²) in [5, 5.41) is 14.8. The minimum Gasteiger partial charge on any atom is -0.434 e. The van der Waals surface area contributed by atoms with E-state index in [-0.39, 0.29) is 17.4 Å². The molecule has 0 aliphatic rings. The molecule has 0 aliphatic carbocycles. The van der Waals surface area contributed by atoms with E-state index in [1.54, 1.807) is 12.1 Å². The summed E-state index contributed by atoms with van der Waals surface area (Å²) in [7, 11) is 0. The van der Waals surface area contributed by atoms with Gasteiger partial charge in [0.25, 0.3) is 0 Å². The lowest BCUT2D eigenvalue weighted by Gasteiger charge is -2.12. The quantitative estimate of drug-likeness (QED) is 0.497. The summed E-state index contributed by atoms with van der Waals surface area (Å²) in [4.78, 5) is 19.2. The Labute approximate surface area is 157 Å². The molecule has 2 aromatic carbocycles. The van der Waals surface area contributed by atoms with Crippen LogP contribution in [0.4, 0.5) is 17.2 Å². The summed E-state index contributed by atoms with van der Waals surface area (Å²) in [6, 6.07) is 11.4. The van der Waals surface area contributed by atoms with Crippen molar-refractivity contribution in [2.45, 2.75) is 27.7 Å². The smallest absolute Gasteiger partial charge is 0.373 e. The number of benzene rings is 2. The minimum absolute atomic E-state index is 0.0862. The van der Waals surface area contributed by atoms with Gasteiger partial charge in [-0.2, -0.15) is 4.98 Å². The van der Waals surface area contributed by atoms with Crippen LogP contribution in [-0.4, -0.2) is 14.9 Å². The third kappa shape index (κ3) is 4.20. The van der Waals surface area contributed by atoms with Crippen molar-refractivity contribution in [3.05, 3.63) is 75.1 Å². The number of nitrogens with zero attached hydrogens (tertiary/aromatic N) is 3. The number of hydrogen-bond donors (Lipinski definition) is 1. The molecular formula is C20H20N4O3. The molecule has 7 nitrogen and oxygen atoms in total. The van der Waals surface area contributed by atoms with Crippen LogP contribution in [-0.2, 0) is 0 Å². The van der Waals surface area contributed by atoms with Gasteiger partial charge in [-0.15, -0.1) is 0 Å². The van der Waals surface area contributed by atoms with Crippen LogP contribution in [0.2, 0.25) is 0 Å². The first kappa shape index (κ1) is 18.3. The Morgan fingerprint density at radius 2 is 1.67 bits per heavy atom. The second-order valence-electron chi connectivity index (χ2n) is 6.50. The Morgan fingerprint density at radius 1 is 0.963 bits per heavy atom. The number of rotatable bonds is 5. The molecule has 1 heterocycles. The maximum Gasteiger partial charge on any atom is 0.373 e. The summed E-state index contributed by atoms with van der Waals surface area (Å²) in [6.45, 7) is 7.73. The summed E-state index contributed by atoms with van der Waals surface area (Å²) >= 11 is 0. The third-order valence-electron chi connectivity index (χ3n) is 4.03. The van der Waals surface area contributed by atoms with Crippen LogP contribution in [0.25, 0.3) is 0 Å². The van der Waals surface area contributed by atoms with E-state index in [4.69, 9.17) is 4.74 Å². The fraction of sp³-hybridized carbons (Fsp3) is 0.200. The van der Waals surface area contributed by atoms with Crippen LogP contribution in [0.5, 0.6) is 11.6 Å². The standard InChI is InChI=1S/C20H20N4O3/c1-12-5-6-15(4)17(10-12)23-19-18(24(25)26)20(22-11-21-19)27-16-8-13(2)7-14(3)9-16/h5-11H,1-4H3,(H,21,22,23). The van der Waals surface area contributed by atoms with Gasteiger partial charge in [0.15, 0.2) is 0 Å². The van der Waals surface area contributed by atoms with Crippen LogP contribution >= 0.6 is 0 Å². The van der Waals surface area contributed by atoms with Gasteiger partial charge in [-0.25, -0.2) is 4.98 Å². The van der Waals surface area contributed by atoms with Crippen molar-refractivity contribution in [2.75, 3.05) is 5.32 Å². The highest BCUT2D eigenvalue weighted by atomic mass is 16.6. The highest BCUT2D eigenvalue weighted by Crippen LogP contribution is 2.36. The first-order valence-electron chi connectivity index (χ1n) is 8.43. The molecule has 7 heteroatoms. The monoisotopic (exact) mass is 364 g/mol. The first-order chi connectivity index (χ1) is 12.8. The van der Waals surface area contributed by atoms with E-state index in [0.29, 0.717) is 5.75 Å². The molecule has 0 amide bonds. The highest BCUT2D eigenvalue weighted by Gasteiger charge is 2.25. The predicted molar refractivity (Wildman–Crippen MR) is 104 cm³/mol. The van der Waals surface area contributed by atoms with E-state index >= 15 is 0 Å². The van der Waals surface area contributed by atoms with Gasteiger partial charge in [-0.05, 0) is 68.1 Å². The number of nitrogens with one attached hydrogen (secondary N) is 1. The maximum absolute atomic E-state index is 11.7. The molecule has 27 heavy (non-hydrogen) atoms. The molecule has 0 atom stereocenters. The van der Waals surface area contributed by atoms with Crippen LogP contribution < -0.4 is 10.1 Å². The SMILES string of the molecule is Cc1cc(C)cc(Oc2ncnc(Nc3cc(C)ccc3C)c2[N+](=O)[O-])c1. The lowest BCUT2D eigenvalue weighted by molar-refractivity contribution is -0.385. The van der Waals surface area contributed by atoms with Crippen LogP contribution in [0.3, 0.4) is 0 Å². The Bertz CT molecular complexity index is 998. The molecule has 0 radical (unpaired) electrons. The van der Waals surface area contributed by atoms with Gasteiger partial charge in [0.2, 0.25) is 5.82 Å².